The minimum atomic E-state index is 0. The van der Waals surface area contributed by atoms with E-state index in [-0.39, 0.29) is 24.9 Å². The summed E-state index contributed by atoms with van der Waals surface area (Å²) >= 11 is 0. The molecule has 0 radical (unpaired) electrons. The van der Waals surface area contributed by atoms with Gasteiger partial charge >= 0.3 is 0 Å². The average Bonchev–Trinajstić information content (AvgIpc) is 2.55. The molecule has 2 saturated heterocycles. The molecule has 0 aliphatic carbocycles. The van der Waals surface area contributed by atoms with Crippen molar-refractivity contribution in [3.05, 3.63) is 30.3 Å². The molecule has 0 atom stereocenters. The monoisotopic (exact) mass is 324 g/mol. The summed E-state index contributed by atoms with van der Waals surface area (Å²) in [5, 5.41) is 3.43. The lowest BCUT2D eigenvalue weighted by atomic mass is 9.71. The molecule has 1 aromatic rings. The summed E-state index contributed by atoms with van der Waals surface area (Å²) in [6.45, 7) is 4.18. The van der Waals surface area contributed by atoms with Gasteiger partial charge in [0.25, 0.3) is 5.91 Å². The summed E-state index contributed by atoms with van der Waals surface area (Å²) in [5.74, 6) is 0.875. The lowest BCUT2D eigenvalue weighted by molar-refractivity contribution is -0.136. The van der Waals surface area contributed by atoms with E-state index in [1.165, 1.54) is 12.8 Å². The second kappa shape index (κ2) is 7.84. The molecule has 1 spiro atoms. The highest BCUT2D eigenvalue weighted by Crippen LogP contribution is 2.39. The first-order valence-electron chi connectivity index (χ1n) is 7.94. The predicted molar refractivity (Wildman–Crippen MR) is 89.5 cm³/mol. The van der Waals surface area contributed by atoms with Gasteiger partial charge in [-0.1, -0.05) is 18.2 Å². The Balaban J connectivity index is 0.00000176. The van der Waals surface area contributed by atoms with Crippen LogP contribution in [0.5, 0.6) is 5.75 Å². The van der Waals surface area contributed by atoms with Crippen LogP contribution in [-0.2, 0) is 4.79 Å². The van der Waals surface area contributed by atoms with Crippen LogP contribution in [-0.4, -0.2) is 43.6 Å². The van der Waals surface area contributed by atoms with Crippen LogP contribution in [0.4, 0.5) is 0 Å². The Morgan fingerprint density at radius 2 is 1.73 bits per heavy atom. The SMILES string of the molecule is Cl.O=C(COc1ccccc1)N1CCC2(CCNCC2)CC1. The first-order valence-corrected chi connectivity index (χ1v) is 7.94. The van der Waals surface area contributed by atoms with Crippen molar-refractivity contribution >= 4 is 18.3 Å². The van der Waals surface area contributed by atoms with Crippen molar-refractivity contribution < 1.29 is 9.53 Å². The predicted octanol–water partition coefficient (Wildman–Crippen LogP) is 2.48. The molecular formula is C17H25ClN2O2. The molecule has 122 valence electrons. The number of hydrogen-bond donors (Lipinski definition) is 1. The number of halogens is 1. The maximum absolute atomic E-state index is 12.2. The van der Waals surface area contributed by atoms with Gasteiger partial charge in [-0.2, -0.15) is 0 Å². The summed E-state index contributed by atoms with van der Waals surface area (Å²) in [6, 6.07) is 9.54. The van der Waals surface area contributed by atoms with Crippen molar-refractivity contribution in [3.63, 3.8) is 0 Å². The number of piperidine rings is 2. The van der Waals surface area contributed by atoms with Crippen LogP contribution in [0.25, 0.3) is 0 Å². The van der Waals surface area contributed by atoms with E-state index in [4.69, 9.17) is 4.74 Å². The van der Waals surface area contributed by atoms with Crippen molar-refractivity contribution in [1.82, 2.24) is 10.2 Å². The van der Waals surface area contributed by atoms with Crippen molar-refractivity contribution in [3.8, 4) is 5.75 Å². The average molecular weight is 325 g/mol. The third-order valence-corrected chi connectivity index (χ3v) is 4.95. The quantitative estimate of drug-likeness (QED) is 0.928. The standard InChI is InChI=1S/C17H24N2O2.ClH/c20-16(14-21-15-4-2-1-3-5-15)19-12-8-17(9-13-19)6-10-18-11-7-17;/h1-5,18H,6-14H2;1H. The van der Waals surface area contributed by atoms with Gasteiger partial charge in [-0.15, -0.1) is 12.4 Å². The van der Waals surface area contributed by atoms with E-state index < -0.39 is 0 Å². The number of rotatable bonds is 3. The Morgan fingerprint density at radius 3 is 2.36 bits per heavy atom. The molecule has 0 aromatic heterocycles. The van der Waals surface area contributed by atoms with Crippen LogP contribution in [0, 0.1) is 5.41 Å². The molecule has 0 saturated carbocycles. The second-order valence-electron chi connectivity index (χ2n) is 6.23. The van der Waals surface area contributed by atoms with Gasteiger partial charge in [0.05, 0.1) is 0 Å². The fourth-order valence-electron chi connectivity index (χ4n) is 3.44. The molecular weight excluding hydrogens is 300 g/mol. The van der Waals surface area contributed by atoms with Crippen LogP contribution in [0.1, 0.15) is 25.7 Å². The zero-order valence-corrected chi connectivity index (χ0v) is 13.7. The van der Waals surface area contributed by atoms with Crippen molar-refractivity contribution in [1.29, 1.82) is 0 Å². The molecule has 2 aliphatic rings. The number of benzene rings is 1. The Kier molecular flexibility index (Phi) is 6.09. The molecule has 0 unspecified atom stereocenters. The van der Waals surface area contributed by atoms with E-state index in [0.717, 1.165) is 44.8 Å². The lowest BCUT2D eigenvalue weighted by Gasteiger charge is -2.44. The van der Waals surface area contributed by atoms with Crippen molar-refractivity contribution in [2.75, 3.05) is 32.8 Å². The molecule has 5 heteroatoms. The van der Waals surface area contributed by atoms with Gasteiger partial charge in [-0.3, -0.25) is 4.79 Å². The minimum absolute atomic E-state index is 0. The number of carbonyl (C=O) groups is 1. The van der Waals surface area contributed by atoms with Gasteiger partial charge in [-0.05, 0) is 56.3 Å². The summed E-state index contributed by atoms with van der Waals surface area (Å²) in [5.41, 5.74) is 0.488. The maximum atomic E-state index is 12.2. The smallest absolute Gasteiger partial charge is 0.260 e. The van der Waals surface area contributed by atoms with Crippen LogP contribution in [0.15, 0.2) is 30.3 Å². The summed E-state index contributed by atoms with van der Waals surface area (Å²) in [7, 11) is 0. The van der Waals surface area contributed by atoms with Crippen LogP contribution in [0.3, 0.4) is 0 Å². The highest BCUT2D eigenvalue weighted by atomic mass is 35.5. The van der Waals surface area contributed by atoms with Gasteiger partial charge in [0.1, 0.15) is 5.75 Å². The summed E-state index contributed by atoms with van der Waals surface area (Å²) < 4.78 is 5.56. The first kappa shape index (κ1) is 17.1. The third-order valence-electron chi connectivity index (χ3n) is 4.95. The Labute approximate surface area is 138 Å². The van der Waals surface area contributed by atoms with Crippen LogP contribution in [0.2, 0.25) is 0 Å². The molecule has 1 aromatic carbocycles. The van der Waals surface area contributed by atoms with E-state index in [0.29, 0.717) is 5.41 Å². The van der Waals surface area contributed by atoms with E-state index >= 15 is 0 Å². The molecule has 0 bridgehead atoms. The summed E-state index contributed by atoms with van der Waals surface area (Å²) in [4.78, 5) is 14.2. The van der Waals surface area contributed by atoms with E-state index in [1.54, 1.807) is 0 Å². The fourth-order valence-corrected chi connectivity index (χ4v) is 3.44. The number of ether oxygens (including phenoxy) is 1. The molecule has 2 heterocycles. The number of carbonyl (C=O) groups excluding carboxylic acids is 1. The van der Waals surface area contributed by atoms with Gasteiger partial charge in [-0.25, -0.2) is 0 Å². The zero-order chi connectivity index (χ0) is 14.5. The molecule has 22 heavy (non-hydrogen) atoms. The van der Waals surface area contributed by atoms with Crippen molar-refractivity contribution in [2.45, 2.75) is 25.7 Å². The maximum Gasteiger partial charge on any atom is 0.260 e. The largest absolute Gasteiger partial charge is 0.484 e. The first-order chi connectivity index (χ1) is 10.3. The Morgan fingerprint density at radius 1 is 1.09 bits per heavy atom. The zero-order valence-electron chi connectivity index (χ0n) is 12.9. The number of likely N-dealkylation sites (tertiary alicyclic amines) is 1. The minimum Gasteiger partial charge on any atom is -0.484 e. The topological polar surface area (TPSA) is 41.6 Å². The van der Waals surface area contributed by atoms with Crippen LogP contribution >= 0.6 is 12.4 Å². The highest BCUT2D eigenvalue weighted by molar-refractivity contribution is 5.85. The molecule has 2 aliphatic heterocycles. The number of amides is 1. The van der Waals surface area contributed by atoms with Gasteiger partial charge in [0.15, 0.2) is 6.61 Å². The molecule has 3 rings (SSSR count). The van der Waals surface area contributed by atoms with E-state index in [2.05, 4.69) is 5.32 Å². The number of nitrogens with one attached hydrogen (secondary N) is 1. The van der Waals surface area contributed by atoms with E-state index in [9.17, 15) is 4.79 Å². The fraction of sp³-hybridized carbons (Fsp3) is 0.588. The van der Waals surface area contributed by atoms with E-state index in [1.807, 2.05) is 35.2 Å². The molecule has 2 fully saturated rings. The summed E-state index contributed by atoms with van der Waals surface area (Å²) in [6.07, 6.45) is 4.81. The molecule has 1 N–H and O–H groups in total. The van der Waals surface area contributed by atoms with Crippen LogP contribution < -0.4 is 10.1 Å². The second-order valence-corrected chi connectivity index (χ2v) is 6.23. The Hall–Kier alpha value is -1.26. The Bertz CT molecular complexity index is 465. The normalized spacial score (nSPS) is 20.3. The molecule has 1 amide bonds. The van der Waals surface area contributed by atoms with Gasteiger partial charge < -0.3 is 15.0 Å². The van der Waals surface area contributed by atoms with Gasteiger partial charge in [0.2, 0.25) is 0 Å². The lowest BCUT2D eigenvalue weighted by Crippen LogP contribution is -2.48. The highest BCUT2D eigenvalue weighted by Gasteiger charge is 2.36. The molecule has 4 nitrogen and oxygen atoms in total. The number of nitrogens with zero attached hydrogens (tertiary/aromatic N) is 1. The number of hydrogen-bond acceptors (Lipinski definition) is 3. The van der Waals surface area contributed by atoms with Crippen molar-refractivity contribution in [2.24, 2.45) is 5.41 Å². The van der Waals surface area contributed by atoms with Gasteiger partial charge in [0, 0.05) is 13.1 Å². The third kappa shape index (κ3) is 4.14. The number of para-hydroxylation sites is 1.